The van der Waals surface area contributed by atoms with Crippen LogP contribution in [0.2, 0.25) is 0 Å². The molecule has 0 aromatic carbocycles. The van der Waals surface area contributed by atoms with Gasteiger partial charge in [0.15, 0.2) is 0 Å². The monoisotopic (exact) mass is 430 g/mol. The average molecular weight is 430 g/mol. The van der Waals surface area contributed by atoms with Crippen LogP contribution >= 0.6 is 0 Å². The van der Waals surface area contributed by atoms with E-state index >= 15 is 0 Å². The third-order valence-electron chi connectivity index (χ3n) is 4.99. The molecule has 0 saturated heterocycles. The number of fused-ring (bicyclic) bond motifs is 1. The molecule has 166 valence electrons. The Bertz CT molecular complexity index is 862. The Kier molecular flexibility index (Phi) is 6.76. The van der Waals surface area contributed by atoms with Gasteiger partial charge in [0.2, 0.25) is 0 Å². The molecule has 0 radical (unpaired) electrons. The summed E-state index contributed by atoms with van der Waals surface area (Å²) in [5.74, 6) is -1.61. The van der Waals surface area contributed by atoms with Gasteiger partial charge in [-0.3, -0.25) is 9.58 Å². The fourth-order valence-corrected chi connectivity index (χ4v) is 3.53. The number of aryl methyl sites for hydroxylation is 1. The first-order valence-electron chi connectivity index (χ1n) is 9.58. The van der Waals surface area contributed by atoms with E-state index in [0.717, 1.165) is 37.8 Å². The predicted molar refractivity (Wildman–Crippen MR) is 98.4 cm³/mol. The van der Waals surface area contributed by atoms with Gasteiger partial charge in [0, 0.05) is 58.0 Å². The largest absolute Gasteiger partial charge is 0.490 e. The van der Waals surface area contributed by atoms with Crippen LogP contribution in [0.4, 0.5) is 13.2 Å². The lowest BCUT2D eigenvalue weighted by Gasteiger charge is -2.31. The smallest absolute Gasteiger partial charge is 0.475 e. The minimum atomic E-state index is -5.08. The van der Waals surface area contributed by atoms with Crippen LogP contribution < -0.4 is 0 Å². The van der Waals surface area contributed by atoms with Crippen molar-refractivity contribution >= 4 is 5.97 Å². The van der Waals surface area contributed by atoms with Crippen LogP contribution in [0.15, 0.2) is 12.4 Å². The van der Waals surface area contributed by atoms with Gasteiger partial charge in [-0.2, -0.15) is 18.3 Å². The first-order valence-corrected chi connectivity index (χ1v) is 9.58. The normalized spacial score (nSPS) is 19.2. The molecule has 1 fully saturated rings. The molecule has 2 aromatic heterocycles. The molecule has 2 aromatic rings. The van der Waals surface area contributed by atoms with Crippen LogP contribution in [-0.2, 0) is 36.2 Å². The summed E-state index contributed by atoms with van der Waals surface area (Å²) >= 11 is 0. The van der Waals surface area contributed by atoms with Crippen LogP contribution in [0.1, 0.15) is 35.7 Å². The number of aliphatic carboxylic acids is 1. The van der Waals surface area contributed by atoms with Crippen molar-refractivity contribution in [1.29, 1.82) is 0 Å². The molecule has 30 heavy (non-hydrogen) atoms. The van der Waals surface area contributed by atoms with Gasteiger partial charge in [0.1, 0.15) is 5.69 Å². The summed E-state index contributed by atoms with van der Waals surface area (Å²) in [5, 5.41) is 20.3. The highest BCUT2D eigenvalue weighted by atomic mass is 19.4. The number of carboxylic acid groups (broad SMARTS) is 1. The number of alkyl halides is 3. The summed E-state index contributed by atoms with van der Waals surface area (Å²) in [6, 6.07) is 0. The molecule has 4 rings (SSSR count). The fourth-order valence-electron chi connectivity index (χ4n) is 3.53. The van der Waals surface area contributed by atoms with Gasteiger partial charge in [-0.1, -0.05) is 5.21 Å². The summed E-state index contributed by atoms with van der Waals surface area (Å²) in [6.07, 6.45) is 1.59. The summed E-state index contributed by atoms with van der Waals surface area (Å²) in [5.41, 5.74) is 3.64. The van der Waals surface area contributed by atoms with Crippen molar-refractivity contribution in [2.24, 2.45) is 13.0 Å². The summed E-state index contributed by atoms with van der Waals surface area (Å²) in [7, 11) is 3.73. The number of aromatic nitrogens is 5. The summed E-state index contributed by atoms with van der Waals surface area (Å²) in [6.45, 7) is 4.46. The van der Waals surface area contributed by atoms with Gasteiger partial charge in [0.25, 0.3) is 0 Å². The Morgan fingerprint density at radius 1 is 1.37 bits per heavy atom. The van der Waals surface area contributed by atoms with Crippen molar-refractivity contribution in [2.75, 3.05) is 20.3 Å². The minimum Gasteiger partial charge on any atom is -0.475 e. The van der Waals surface area contributed by atoms with Gasteiger partial charge < -0.3 is 9.84 Å². The maximum absolute atomic E-state index is 10.6. The van der Waals surface area contributed by atoms with Crippen LogP contribution in [0.3, 0.4) is 0 Å². The third kappa shape index (κ3) is 5.79. The highest BCUT2D eigenvalue weighted by Gasteiger charge is 2.38. The number of ether oxygens (including phenoxy) is 1. The molecule has 9 nitrogen and oxygen atoms in total. The Morgan fingerprint density at radius 2 is 2.07 bits per heavy atom. The second-order valence-corrected chi connectivity index (χ2v) is 7.69. The molecule has 1 N–H and O–H groups in total. The van der Waals surface area contributed by atoms with Gasteiger partial charge in [-0.25, -0.2) is 9.48 Å². The van der Waals surface area contributed by atoms with E-state index in [9.17, 15) is 13.2 Å². The summed E-state index contributed by atoms with van der Waals surface area (Å²) < 4.78 is 41.2. The quantitative estimate of drug-likeness (QED) is 0.746. The number of carbonyl (C=O) groups is 1. The molecule has 1 atom stereocenters. The molecule has 0 bridgehead atoms. The molecule has 12 heteroatoms. The Labute approximate surface area is 171 Å². The molecule has 1 aliphatic carbocycles. The summed E-state index contributed by atoms with van der Waals surface area (Å²) in [4.78, 5) is 11.3. The number of halogens is 3. The van der Waals surface area contributed by atoms with Crippen molar-refractivity contribution in [1.82, 2.24) is 29.7 Å². The topological polar surface area (TPSA) is 98.3 Å². The van der Waals surface area contributed by atoms with Crippen molar-refractivity contribution in [3.8, 4) is 0 Å². The second-order valence-electron chi connectivity index (χ2n) is 7.69. The lowest BCUT2D eigenvalue weighted by atomic mass is 9.98. The van der Waals surface area contributed by atoms with Crippen molar-refractivity contribution in [3.05, 3.63) is 29.3 Å². The standard InChI is InChI=1S/C16H24N6O.C2HF3O2/c1-20-6-13(5-17-20)7-21-9-14(11-23-2)16-15(10-21)18-19-22(16)8-12-3-4-12;3-2(4,5)1(6)7/h5-6,12,14H,3-4,7-11H2,1-2H3;(H,6,7). The zero-order valence-corrected chi connectivity index (χ0v) is 16.8. The van der Waals surface area contributed by atoms with E-state index < -0.39 is 12.1 Å². The fraction of sp³-hybridized carbons (Fsp3) is 0.667. The van der Waals surface area contributed by atoms with Crippen LogP contribution in [0.25, 0.3) is 0 Å². The zero-order chi connectivity index (χ0) is 21.9. The van der Waals surface area contributed by atoms with E-state index in [4.69, 9.17) is 14.6 Å². The van der Waals surface area contributed by atoms with E-state index in [0.29, 0.717) is 12.5 Å². The molecule has 1 saturated carbocycles. The Balaban J connectivity index is 0.000000318. The lowest BCUT2D eigenvalue weighted by Crippen LogP contribution is -2.36. The molecule has 0 amide bonds. The molecule has 2 aliphatic rings. The number of nitrogens with zero attached hydrogens (tertiary/aromatic N) is 6. The molecular formula is C18H25F3N6O3. The van der Waals surface area contributed by atoms with Gasteiger partial charge in [-0.05, 0) is 18.8 Å². The van der Waals surface area contributed by atoms with E-state index in [1.54, 1.807) is 7.11 Å². The zero-order valence-electron chi connectivity index (χ0n) is 16.8. The molecular weight excluding hydrogens is 405 g/mol. The SMILES string of the molecule is COCC1CN(Cc2cnn(C)c2)Cc2nnn(CC3CC3)c21.O=C(O)C(F)(F)F. The van der Waals surface area contributed by atoms with Crippen molar-refractivity contribution < 1.29 is 27.8 Å². The Hall–Kier alpha value is -2.47. The molecule has 3 heterocycles. The number of carboxylic acids is 1. The van der Waals surface area contributed by atoms with Gasteiger partial charge >= 0.3 is 12.1 Å². The number of rotatable bonds is 6. The predicted octanol–water partition coefficient (Wildman–Crippen LogP) is 1.80. The van der Waals surface area contributed by atoms with Crippen LogP contribution in [-0.4, -0.2) is 67.2 Å². The molecule has 1 unspecified atom stereocenters. The third-order valence-corrected chi connectivity index (χ3v) is 4.99. The highest BCUT2D eigenvalue weighted by molar-refractivity contribution is 5.73. The van der Waals surface area contributed by atoms with E-state index in [-0.39, 0.29) is 0 Å². The van der Waals surface area contributed by atoms with E-state index in [1.807, 2.05) is 17.9 Å². The van der Waals surface area contributed by atoms with E-state index in [1.165, 1.54) is 24.1 Å². The first kappa shape index (κ1) is 22.2. The van der Waals surface area contributed by atoms with Gasteiger partial charge in [0.05, 0.1) is 18.5 Å². The number of methoxy groups -OCH3 is 1. The molecule has 1 aliphatic heterocycles. The minimum absolute atomic E-state index is 0.342. The number of hydrogen-bond acceptors (Lipinski definition) is 6. The van der Waals surface area contributed by atoms with Crippen LogP contribution in [0, 0.1) is 5.92 Å². The maximum atomic E-state index is 10.6. The van der Waals surface area contributed by atoms with Crippen molar-refractivity contribution in [2.45, 2.75) is 44.6 Å². The average Bonchev–Trinajstić information content (AvgIpc) is 3.24. The maximum Gasteiger partial charge on any atom is 0.490 e. The van der Waals surface area contributed by atoms with Crippen molar-refractivity contribution in [3.63, 3.8) is 0 Å². The van der Waals surface area contributed by atoms with Gasteiger partial charge in [-0.15, -0.1) is 5.10 Å². The Morgan fingerprint density at radius 3 is 2.60 bits per heavy atom. The first-order chi connectivity index (χ1) is 14.2. The number of hydrogen-bond donors (Lipinski definition) is 1. The lowest BCUT2D eigenvalue weighted by molar-refractivity contribution is -0.192. The van der Waals surface area contributed by atoms with E-state index in [2.05, 4.69) is 31.2 Å². The van der Waals surface area contributed by atoms with Crippen LogP contribution in [0.5, 0.6) is 0 Å². The molecule has 0 spiro atoms. The second kappa shape index (κ2) is 9.13. The highest BCUT2D eigenvalue weighted by Crippen LogP contribution is 2.34.